The average molecular weight is 214 g/mol. The Morgan fingerprint density at radius 1 is 1.71 bits per heavy atom. The van der Waals surface area contributed by atoms with Gasteiger partial charge < -0.3 is 15.0 Å². The van der Waals surface area contributed by atoms with Crippen molar-refractivity contribution in [1.29, 1.82) is 0 Å². The molecule has 5 nitrogen and oxygen atoms in total. The highest BCUT2D eigenvalue weighted by Gasteiger charge is 2.24. The summed E-state index contributed by atoms with van der Waals surface area (Å²) in [5.74, 6) is 0. The van der Waals surface area contributed by atoms with Gasteiger partial charge in [-0.05, 0) is 6.42 Å². The number of aryl methyl sites for hydroxylation is 1. The molecule has 0 aliphatic carbocycles. The Morgan fingerprint density at radius 2 is 2.57 bits per heavy atom. The molecule has 2 rings (SSSR count). The zero-order valence-corrected chi connectivity index (χ0v) is 8.91. The number of thioether (sulfide) groups is 1. The fourth-order valence-corrected chi connectivity index (χ4v) is 2.42. The van der Waals surface area contributed by atoms with E-state index in [1.54, 1.807) is 18.1 Å². The van der Waals surface area contributed by atoms with Crippen molar-refractivity contribution in [2.75, 3.05) is 13.2 Å². The number of ether oxygens (including phenoxy) is 1. The van der Waals surface area contributed by atoms with Gasteiger partial charge in [-0.3, -0.25) is 0 Å². The molecule has 0 radical (unpaired) electrons. The predicted molar refractivity (Wildman–Crippen MR) is 54.1 cm³/mol. The second-order valence-electron chi connectivity index (χ2n) is 3.41. The Hall–Kier alpha value is -0.590. The van der Waals surface area contributed by atoms with E-state index in [0.717, 1.165) is 18.2 Å². The Bertz CT molecular complexity index is 303. The Balaban J connectivity index is 1.99. The average Bonchev–Trinajstić information content (AvgIpc) is 2.56. The highest BCUT2D eigenvalue weighted by atomic mass is 32.2. The van der Waals surface area contributed by atoms with E-state index in [-0.39, 0.29) is 6.04 Å². The summed E-state index contributed by atoms with van der Waals surface area (Å²) in [6.07, 6.45) is 2.62. The van der Waals surface area contributed by atoms with Crippen molar-refractivity contribution in [3.05, 3.63) is 6.33 Å². The number of nitrogens with zero attached hydrogens (tertiary/aromatic N) is 3. The molecule has 1 saturated heterocycles. The fraction of sp³-hybridized carbons (Fsp3) is 0.750. The molecule has 1 aliphatic heterocycles. The molecule has 2 heterocycles. The van der Waals surface area contributed by atoms with Crippen LogP contribution in [0.1, 0.15) is 6.42 Å². The highest BCUT2D eigenvalue weighted by Crippen LogP contribution is 2.25. The Kier molecular flexibility index (Phi) is 3.05. The summed E-state index contributed by atoms with van der Waals surface area (Å²) in [5, 5.41) is 9.03. The fourth-order valence-electron chi connectivity index (χ4n) is 1.36. The van der Waals surface area contributed by atoms with Gasteiger partial charge >= 0.3 is 0 Å². The Morgan fingerprint density at radius 3 is 3.21 bits per heavy atom. The second kappa shape index (κ2) is 4.29. The molecule has 14 heavy (non-hydrogen) atoms. The molecule has 0 saturated carbocycles. The van der Waals surface area contributed by atoms with Crippen LogP contribution in [0.3, 0.4) is 0 Å². The van der Waals surface area contributed by atoms with Crippen LogP contribution in [0.15, 0.2) is 11.5 Å². The van der Waals surface area contributed by atoms with Gasteiger partial charge in [0.1, 0.15) is 6.33 Å². The minimum Gasteiger partial charge on any atom is -0.380 e. The third-order valence-electron chi connectivity index (χ3n) is 2.28. The predicted octanol–water partition coefficient (Wildman–Crippen LogP) is 0.0234. The molecule has 1 aromatic rings. The van der Waals surface area contributed by atoms with Crippen molar-refractivity contribution in [3.8, 4) is 0 Å². The molecule has 1 aromatic heterocycles. The van der Waals surface area contributed by atoms with Gasteiger partial charge in [0.15, 0.2) is 5.16 Å². The number of hydrogen-bond donors (Lipinski definition) is 1. The molecule has 2 unspecified atom stereocenters. The second-order valence-corrected chi connectivity index (χ2v) is 4.61. The van der Waals surface area contributed by atoms with Gasteiger partial charge in [0, 0.05) is 19.7 Å². The zero-order chi connectivity index (χ0) is 9.97. The van der Waals surface area contributed by atoms with Crippen molar-refractivity contribution in [1.82, 2.24) is 14.8 Å². The van der Waals surface area contributed by atoms with Gasteiger partial charge in [-0.2, -0.15) is 0 Å². The summed E-state index contributed by atoms with van der Waals surface area (Å²) >= 11 is 1.65. The molecule has 1 fully saturated rings. The summed E-state index contributed by atoms with van der Waals surface area (Å²) in [6, 6.07) is 0.199. The van der Waals surface area contributed by atoms with Crippen molar-refractivity contribution in [2.45, 2.75) is 22.9 Å². The molecule has 6 heteroatoms. The molecule has 0 amide bonds. The van der Waals surface area contributed by atoms with Crippen molar-refractivity contribution < 1.29 is 4.74 Å². The van der Waals surface area contributed by atoms with E-state index < -0.39 is 0 Å². The van der Waals surface area contributed by atoms with E-state index in [4.69, 9.17) is 10.5 Å². The summed E-state index contributed by atoms with van der Waals surface area (Å²) in [7, 11) is 1.93. The zero-order valence-electron chi connectivity index (χ0n) is 8.09. The summed E-state index contributed by atoms with van der Waals surface area (Å²) in [5.41, 5.74) is 5.99. The smallest absolute Gasteiger partial charge is 0.191 e. The van der Waals surface area contributed by atoms with Gasteiger partial charge in [-0.15, -0.1) is 10.2 Å². The lowest BCUT2D eigenvalue weighted by atomic mass is 10.1. The minimum atomic E-state index is 0.199. The largest absolute Gasteiger partial charge is 0.380 e. The molecular weight excluding hydrogens is 200 g/mol. The van der Waals surface area contributed by atoms with Crippen LogP contribution in [0.4, 0.5) is 0 Å². The van der Waals surface area contributed by atoms with Crippen LogP contribution < -0.4 is 5.73 Å². The van der Waals surface area contributed by atoms with Gasteiger partial charge in [0.2, 0.25) is 0 Å². The van der Waals surface area contributed by atoms with E-state index in [2.05, 4.69) is 10.2 Å². The summed E-state index contributed by atoms with van der Waals surface area (Å²) in [6.45, 7) is 1.48. The van der Waals surface area contributed by atoms with Crippen LogP contribution >= 0.6 is 11.8 Å². The van der Waals surface area contributed by atoms with E-state index >= 15 is 0 Å². The normalized spacial score (nSPS) is 27.9. The van der Waals surface area contributed by atoms with E-state index in [9.17, 15) is 0 Å². The van der Waals surface area contributed by atoms with E-state index in [0.29, 0.717) is 11.9 Å². The van der Waals surface area contributed by atoms with Crippen molar-refractivity contribution in [2.24, 2.45) is 12.8 Å². The first-order valence-corrected chi connectivity index (χ1v) is 5.49. The molecule has 0 aromatic carbocycles. The third kappa shape index (κ3) is 2.08. The lowest BCUT2D eigenvalue weighted by molar-refractivity contribution is 0.0915. The van der Waals surface area contributed by atoms with E-state index in [1.807, 2.05) is 11.6 Å². The number of nitrogens with two attached hydrogens (primary N) is 1. The number of aromatic nitrogens is 3. The lowest BCUT2D eigenvalue weighted by Gasteiger charge is -2.27. The van der Waals surface area contributed by atoms with Crippen LogP contribution in [0, 0.1) is 0 Å². The first kappa shape index (κ1) is 9.95. The first-order valence-electron chi connectivity index (χ1n) is 4.61. The lowest BCUT2D eigenvalue weighted by Crippen LogP contribution is -2.41. The van der Waals surface area contributed by atoms with Crippen molar-refractivity contribution in [3.63, 3.8) is 0 Å². The molecule has 78 valence electrons. The summed E-state index contributed by atoms with van der Waals surface area (Å²) in [4.78, 5) is 0. The third-order valence-corrected chi connectivity index (χ3v) is 3.65. The SMILES string of the molecule is Cn1cnnc1SC1COCCC1N. The number of rotatable bonds is 2. The standard InChI is InChI=1S/C8H14N4OS/c1-12-5-10-11-8(12)14-7-4-13-3-2-6(7)9/h5-7H,2-4,9H2,1H3. The topological polar surface area (TPSA) is 66.0 Å². The minimum absolute atomic E-state index is 0.199. The van der Waals surface area contributed by atoms with Crippen LogP contribution in [0.5, 0.6) is 0 Å². The van der Waals surface area contributed by atoms with Gasteiger partial charge in [0.05, 0.1) is 11.9 Å². The van der Waals surface area contributed by atoms with Gasteiger partial charge in [0.25, 0.3) is 0 Å². The molecule has 1 aliphatic rings. The highest BCUT2D eigenvalue weighted by molar-refractivity contribution is 7.99. The van der Waals surface area contributed by atoms with Crippen LogP contribution in [0.2, 0.25) is 0 Å². The maximum atomic E-state index is 5.99. The Labute approximate surface area is 87.0 Å². The number of hydrogen-bond acceptors (Lipinski definition) is 5. The maximum absolute atomic E-state index is 5.99. The van der Waals surface area contributed by atoms with E-state index in [1.165, 1.54) is 0 Å². The van der Waals surface area contributed by atoms with Gasteiger partial charge in [-0.25, -0.2) is 0 Å². The molecule has 2 atom stereocenters. The molecule has 0 spiro atoms. The first-order chi connectivity index (χ1) is 6.77. The maximum Gasteiger partial charge on any atom is 0.191 e. The molecule has 0 bridgehead atoms. The van der Waals surface area contributed by atoms with Crippen LogP contribution in [0.25, 0.3) is 0 Å². The van der Waals surface area contributed by atoms with Crippen LogP contribution in [-0.2, 0) is 11.8 Å². The summed E-state index contributed by atoms with van der Waals surface area (Å²) < 4.78 is 7.28. The quantitative estimate of drug-likeness (QED) is 0.752. The van der Waals surface area contributed by atoms with Crippen LogP contribution in [-0.4, -0.2) is 39.3 Å². The molecular formula is C8H14N4OS. The molecule has 2 N–H and O–H groups in total. The van der Waals surface area contributed by atoms with Gasteiger partial charge in [-0.1, -0.05) is 11.8 Å². The van der Waals surface area contributed by atoms with Crippen molar-refractivity contribution >= 4 is 11.8 Å². The monoisotopic (exact) mass is 214 g/mol.